The number of fused-ring (bicyclic) bond motifs is 1. The molecule has 2 aliphatic rings. The predicted molar refractivity (Wildman–Crippen MR) is 122 cm³/mol. The molecule has 0 radical (unpaired) electrons. The van der Waals surface area contributed by atoms with E-state index in [9.17, 15) is 9.59 Å². The Kier molecular flexibility index (Phi) is 4.70. The first-order chi connectivity index (χ1) is 15.5. The van der Waals surface area contributed by atoms with Crippen LogP contribution in [0.2, 0.25) is 0 Å². The fourth-order valence-electron chi connectivity index (χ4n) is 3.57. The number of hydrogen-bond acceptors (Lipinski definition) is 6. The molecule has 0 saturated heterocycles. The Bertz CT molecular complexity index is 1300. The molecule has 1 aromatic heterocycles. The molecule has 0 fully saturated rings. The molecule has 2 aromatic carbocycles. The lowest BCUT2D eigenvalue weighted by molar-refractivity contribution is -0.118. The van der Waals surface area contributed by atoms with E-state index in [-0.39, 0.29) is 17.8 Å². The van der Waals surface area contributed by atoms with E-state index in [4.69, 9.17) is 0 Å². The normalized spacial score (nSPS) is 17.1. The molecule has 0 saturated carbocycles. The largest absolute Gasteiger partial charge is 0.306 e. The van der Waals surface area contributed by atoms with Crippen molar-refractivity contribution in [2.45, 2.75) is 6.92 Å². The number of amidine groups is 1. The Morgan fingerprint density at radius 3 is 2.47 bits per heavy atom. The second kappa shape index (κ2) is 7.69. The van der Waals surface area contributed by atoms with Crippen molar-refractivity contribution >= 4 is 35.6 Å². The number of anilines is 1. The van der Waals surface area contributed by atoms with Gasteiger partial charge in [-0.05, 0) is 30.2 Å². The molecule has 3 heterocycles. The van der Waals surface area contributed by atoms with Crippen molar-refractivity contribution < 1.29 is 9.59 Å². The molecular formula is C23H19N7O2. The summed E-state index contributed by atoms with van der Waals surface area (Å²) in [5.74, 6) is -0.333. The molecule has 2 aliphatic heterocycles. The Morgan fingerprint density at radius 2 is 1.72 bits per heavy atom. The van der Waals surface area contributed by atoms with E-state index in [0.717, 1.165) is 11.1 Å². The van der Waals surface area contributed by atoms with Gasteiger partial charge in [0.1, 0.15) is 17.6 Å². The summed E-state index contributed by atoms with van der Waals surface area (Å²) in [6.07, 6.45) is 1.51. The van der Waals surface area contributed by atoms with Crippen LogP contribution in [0.3, 0.4) is 0 Å². The van der Waals surface area contributed by atoms with E-state index in [1.165, 1.54) is 15.9 Å². The molecule has 2 amide bonds. The van der Waals surface area contributed by atoms with Crippen molar-refractivity contribution in [2.75, 3.05) is 12.4 Å². The second-order valence-corrected chi connectivity index (χ2v) is 7.47. The van der Waals surface area contributed by atoms with Gasteiger partial charge in [-0.15, -0.1) is 0 Å². The molecule has 0 aliphatic carbocycles. The average molecular weight is 425 g/mol. The Hall–Kier alpha value is -4.40. The summed E-state index contributed by atoms with van der Waals surface area (Å²) in [5, 5.41) is 12.8. The van der Waals surface area contributed by atoms with Gasteiger partial charge in [-0.1, -0.05) is 42.5 Å². The molecule has 0 bridgehead atoms. The maximum atomic E-state index is 12.9. The number of aryl methyl sites for hydroxylation is 1. The Balaban J connectivity index is 1.40. The summed E-state index contributed by atoms with van der Waals surface area (Å²) in [4.78, 5) is 33.8. The number of aliphatic imine (C=N–C) groups is 2. The molecule has 1 atom stereocenters. The van der Waals surface area contributed by atoms with Gasteiger partial charge in [-0.2, -0.15) is 24.9 Å². The third kappa shape index (κ3) is 3.49. The van der Waals surface area contributed by atoms with Gasteiger partial charge in [-0.25, -0.2) is 0 Å². The molecule has 1 N–H and O–H groups in total. The number of aromatic nitrogens is 2. The number of nitrogens with one attached hydrogen (secondary N) is 1. The summed E-state index contributed by atoms with van der Waals surface area (Å²) in [6.45, 7) is 1.78. The molecular weight excluding hydrogens is 406 g/mol. The maximum Gasteiger partial charge on any atom is 0.265 e. The van der Waals surface area contributed by atoms with Crippen LogP contribution in [0.15, 0.2) is 75.7 Å². The van der Waals surface area contributed by atoms with Crippen molar-refractivity contribution in [3.63, 3.8) is 0 Å². The quantitative estimate of drug-likeness (QED) is 0.697. The van der Waals surface area contributed by atoms with E-state index in [0.29, 0.717) is 22.9 Å². The van der Waals surface area contributed by atoms with E-state index in [2.05, 4.69) is 25.5 Å². The molecule has 32 heavy (non-hydrogen) atoms. The van der Waals surface area contributed by atoms with Gasteiger partial charge >= 0.3 is 0 Å². The van der Waals surface area contributed by atoms with Gasteiger partial charge in [0, 0.05) is 24.9 Å². The minimum absolute atomic E-state index is 0.0847. The lowest BCUT2D eigenvalue weighted by atomic mass is 10.0. The van der Waals surface area contributed by atoms with E-state index in [1.807, 2.05) is 42.5 Å². The lowest BCUT2D eigenvalue weighted by Gasteiger charge is -2.17. The highest BCUT2D eigenvalue weighted by atomic mass is 16.2. The van der Waals surface area contributed by atoms with Gasteiger partial charge in [-0.3, -0.25) is 14.6 Å². The SMILES string of the molecule is Cc1cc(NC(=O)c2ccc(-c3ccccc3)cc2)n(C2=NC(=O)C3C=NN(C)C3=N2)n1. The van der Waals surface area contributed by atoms with Crippen LogP contribution in [0.4, 0.5) is 5.82 Å². The number of amides is 2. The zero-order chi connectivity index (χ0) is 22.2. The second-order valence-electron chi connectivity index (χ2n) is 7.47. The van der Waals surface area contributed by atoms with Gasteiger partial charge < -0.3 is 5.32 Å². The number of benzene rings is 2. The zero-order valence-corrected chi connectivity index (χ0v) is 17.4. The minimum Gasteiger partial charge on any atom is -0.306 e. The lowest BCUT2D eigenvalue weighted by Crippen LogP contribution is -2.35. The smallest absolute Gasteiger partial charge is 0.265 e. The fourth-order valence-corrected chi connectivity index (χ4v) is 3.57. The summed E-state index contributed by atoms with van der Waals surface area (Å²) in [5.41, 5.74) is 3.23. The predicted octanol–water partition coefficient (Wildman–Crippen LogP) is 2.80. The van der Waals surface area contributed by atoms with Crippen LogP contribution >= 0.6 is 0 Å². The first-order valence-corrected chi connectivity index (χ1v) is 10.0. The topological polar surface area (TPSA) is 104 Å². The van der Waals surface area contributed by atoms with Crippen molar-refractivity contribution in [3.05, 3.63) is 71.9 Å². The highest BCUT2D eigenvalue weighted by molar-refractivity contribution is 6.24. The fraction of sp³-hybridized carbons (Fsp3) is 0.130. The first-order valence-electron chi connectivity index (χ1n) is 10.0. The number of carbonyl (C=O) groups is 2. The molecule has 158 valence electrons. The molecule has 1 unspecified atom stereocenters. The molecule has 0 spiro atoms. The van der Waals surface area contributed by atoms with Crippen LogP contribution in [0.5, 0.6) is 0 Å². The monoisotopic (exact) mass is 425 g/mol. The summed E-state index contributed by atoms with van der Waals surface area (Å²) >= 11 is 0. The van der Waals surface area contributed by atoms with E-state index >= 15 is 0 Å². The van der Waals surface area contributed by atoms with Crippen LogP contribution in [-0.4, -0.2) is 51.7 Å². The van der Waals surface area contributed by atoms with Gasteiger partial charge in [0.2, 0.25) is 0 Å². The average Bonchev–Trinajstić information content (AvgIpc) is 3.37. The molecule has 5 rings (SSSR count). The maximum absolute atomic E-state index is 12.9. The Morgan fingerprint density at radius 1 is 1.00 bits per heavy atom. The third-order valence-corrected chi connectivity index (χ3v) is 5.21. The molecule has 9 heteroatoms. The molecule has 9 nitrogen and oxygen atoms in total. The van der Waals surface area contributed by atoms with Gasteiger partial charge in [0.25, 0.3) is 17.8 Å². The van der Waals surface area contributed by atoms with Gasteiger partial charge in [0.15, 0.2) is 0 Å². The van der Waals surface area contributed by atoms with Crippen LogP contribution in [0, 0.1) is 12.8 Å². The van der Waals surface area contributed by atoms with Crippen molar-refractivity contribution in [2.24, 2.45) is 21.0 Å². The highest BCUT2D eigenvalue weighted by Gasteiger charge is 2.35. The number of hydrogen-bond donors (Lipinski definition) is 1. The van der Waals surface area contributed by atoms with Crippen LogP contribution < -0.4 is 5.32 Å². The van der Waals surface area contributed by atoms with E-state index < -0.39 is 5.92 Å². The van der Waals surface area contributed by atoms with Crippen molar-refractivity contribution in [1.82, 2.24) is 14.8 Å². The first kappa shape index (κ1) is 19.6. The summed E-state index contributed by atoms with van der Waals surface area (Å²) in [6, 6.07) is 19.0. The summed E-state index contributed by atoms with van der Waals surface area (Å²) < 4.78 is 1.36. The number of hydrazone groups is 1. The minimum atomic E-state index is -0.582. The highest BCUT2D eigenvalue weighted by Crippen LogP contribution is 2.21. The summed E-state index contributed by atoms with van der Waals surface area (Å²) in [7, 11) is 1.71. The number of nitrogens with zero attached hydrogens (tertiary/aromatic N) is 6. The van der Waals surface area contributed by atoms with Crippen LogP contribution in [0.1, 0.15) is 16.1 Å². The standard InChI is InChI=1S/C23H19N7O2/c1-14-12-19(30(28-14)23-26-20-18(22(32)27-23)13-24-29(20)2)25-21(31)17-10-8-16(9-11-17)15-6-4-3-5-7-15/h3-13,18H,1-2H3,(H,25,31). The van der Waals surface area contributed by atoms with Crippen LogP contribution in [-0.2, 0) is 4.79 Å². The third-order valence-electron chi connectivity index (χ3n) is 5.21. The number of rotatable bonds is 3. The van der Waals surface area contributed by atoms with Crippen molar-refractivity contribution in [3.8, 4) is 11.1 Å². The number of carbonyl (C=O) groups excluding carboxylic acids is 2. The van der Waals surface area contributed by atoms with Crippen LogP contribution in [0.25, 0.3) is 11.1 Å². The van der Waals surface area contributed by atoms with E-state index in [1.54, 1.807) is 32.2 Å². The van der Waals surface area contributed by atoms with Crippen molar-refractivity contribution in [1.29, 1.82) is 0 Å². The van der Waals surface area contributed by atoms with Gasteiger partial charge in [0.05, 0.1) is 5.69 Å². The zero-order valence-electron chi connectivity index (χ0n) is 17.4. The Labute approximate surface area is 183 Å². The molecule has 3 aromatic rings.